The van der Waals surface area contributed by atoms with Crippen LogP contribution in [0.1, 0.15) is 26.4 Å². The number of para-hydroxylation sites is 1. The molecule has 0 amide bonds. The lowest BCUT2D eigenvalue weighted by atomic mass is 10.1. The van der Waals surface area contributed by atoms with Gasteiger partial charge in [-0.3, -0.25) is 4.98 Å². The standard InChI is InChI=1S/C11H8ClNO2.C10H7NO2/c1-6-4-7-2-3-8(12)9(11(14)15)10(7)13-5-6;12-10(13)9-6-5-7-3-1-2-4-8(7)11-9/h2-5H,1H3,(H,14,15);1-6H,(H,12,13). The predicted molar refractivity (Wildman–Crippen MR) is 107 cm³/mol. The Bertz CT molecular complexity index is 1210. The molecule has 0 unspecified atom stereocenters. The van der Waals surface area contributed by atoms with Gasteiger partial charge in [0.1, 0.15) is 11.3 Å². The smallest absolute Gasteiger partial charge is 0.354 e. The van der Waals surface area contributed by atoms with Crippen LogP contribution in [0.15, 0.2) is 60.8 Å². The fraction of sp³-hybridized carbons (Fsp3) is 0.0476. The largest absolute Gasteiger partial charge is 0.478 e. The van der Waals surface area contributed by atoms with Crippen LogP contribution < -0.4 is 0 Å². The van der Waals surface area contributed by atoms with Gasteiger partial charge in [0.25, 0.3) is 0 Å². The highest BCUT2D eigenvalue weighted by molar-refractivity contribution is 6.35. The van der Waals surface area contributed by atoms with Crippen molar-refractivity contribution in [1.29, 1.82) is 0 Å². The van der Waals surface area contributed by atoms with E-state index in [2.05, 4.69) is 9.97 Å². The van der Waals surface area contributed by atoms with Crippen LogP contribution in [0.5, 0.6) is 0 Å². The number of carboxylic acid groups (broad SMARTS) is 2. The van der Waals surface area contributed by atoms with Crippen LogP contribution in [0.3, 0.4) is 0 Å². The highest BCUT2D eigenvalue weighted by Gasteiger charge is 2.14. The third-order valence-electron chi connectivity index (χ3n) is 3.97. The van der Waals surface area contributed by atoms with E-state index in [0.29, 0.717) is 11.0 Å². The first-order valence-corrected chi connectivity index (χ1v) is 8.62. The van der Waals surface area contributed by atoms with Crippen molar-refractivity contribution in [2.45, 2.75) is 6.92 Å². The number of nitrogens with zero attached hydrogens (tertiary/aromatic N) is 2. The predicted octanol–water partition coefficient (Wildman–Crippen LogP) is 4.83. The van der Waals surface area contributed by atoms with E-state index in [4.69, 9.17) is 21.8 Å². The summed E-state index contributed by atoms with van der Waals surface area (Å²) in [4.78, 5) is 29.7. The Kier molecular flexibility index (Phi) is 5.52. The topological polar surface area (TPSA) is 100 Å². The first-order valence-electron chi connectivity index (χ1n) is 8.24. The van der Waals surface area contributed by atoms with E-state index >= 15 is 0 Å². The van der Waals surface area contributed by atoms with Crippen LogP contribution in [-0.4, -0.2) is 32.1 Å². The molecular weight excluding hydrogens is 380 g/mol. The van der Waals surface area contributed by atoms with Gasteiger partial charge < -0.3 is 10.2 Å². The van der Waals surface area contributed by atoms with Crippen molar-refractivity contribution < 1.29 is 19.8 Å². The number of aromatic nitrogens is 2. The second-order valence-corrected chi connectivity index (χ2v) is 6.41. The van der Waals surface area contributed by atoms with E-state index in [-0.39, 0.29) is 16.3 Å². The van der Waals surface area contributed by atoms with Crippen molar-refractivity contribution in [3.63, 3.8) is 0 Å². The van der Waals surface area contributed by atoms with E-state index < -0.39 is 11.9 Å². The first-order chi connectivity index (χ1) is 13.4. The van der Waals surface area contributed by atoms with Gasteiger partial charge in [0, 0.05) is 17.0 Å². The van der Waals surface area contributed by atoms with Gasteiger partial charge in [-0.1, -0.05) is 41.9 Å². The van der Waals surface area contributed by atoms with E-state index in [1.54, 1.807) is 30.5 Å². The molecular formula is C21H15ClN2O4. The zero-order valence-electron chi connectivity index (χ0n) is 14.8. The van der Waals surface area contributed by atoms with Crippen molar-refractivity contribution in [1.82, 2.24) is 9.97 Å². The van der Waals surface area contributed by atoms with E-state index in [0.717, 1.165) is 16.3 Å². The van der Waals surface area contributed by atoms with Crippen molar-refractivity contribution >= 4 is 45.3 Å². The molecule has 0 saturated heterocycles. The molecule has 6 nitrogen and oxygen atoms in total. The molecule has 0 saturated carbocycles. The molecule has 140 valence electrons. The summed E-state index contributed by atoms with van der Waals surface area (Å²) in [6.07, 6.45) is 1.63. The molecule has 0 atom stereocenters. The molecule has 2 N–H and O–H groups in total. The van der Waals surface area contributed by atoms with Gasteiger partial charge in [0.05, 0.1) is 16.1 Å². The minimum absolute atomic E-state index is 0.0640. The summed E-state index contributed by atoms with van der Waals surface area (Å²) >= 11 is 5.82. The molecule has 0 spiro atoms. The highest BCUT2D eigenvalue weighted by Crippen LogP contribution is 2.25. The van der Waals surface area contributed by atoms with Gasteiger partial charge in [-0.15, -0.1) is 0 Å². The number of carbonyl (C=O) groups is 2. The molecule has 2 aromatic carbocycles. The van der Waals surface area contributed by atoms with Gasteiger partial charge in [0.2, 0.25) is 0 Å². The minimum Gasteiger partial charge on any atom is -0.478 e. The number of hydrogen-bond acceptors (Lipinski definition) is 4. The van der Waals surface area contributed by atoms with Gasteiger partial charge in [-0.05, 0) is 36.8 Å². The van der Waals surface area contributed by atoms with Crippen LogP contribution in [0, 0.1) is 6.92 Å². The second kappa shape index (κ2) is 8.02. The van der Waals surface area contributed by atoms with Gasteiger partial charge in [-0.2, -0.15) is 0 Å². The second-order valence-electron chi connectivity index (χ2n) is 6.01. The minimum atomic E-state index is -1.05. The fourth-order valence-corrected chi connectivity index (χ4v) is 2.91. The number of rotatable bonds is 2. The highest BCUT2D eigenvalue weighted by atomic mass is 35.5. The monoisotopic (exact) mass is 394 g/mol. The summed E-state index contributed by atoms with van der Waals surface area (Å²) in [6, 6.07) is 15.9. The molecule has 2 heterocycles. The van der Waals surface area contributed by atoms with E-state index in [1.165, 1.54) is 6.07 Å². The summed E-state index contributed by atoms with van der Waals surface area (Å²) < 4.78 is 0. The van der Waals surface area contributed by atoms with Crippen molar-refractivity contribution in [2.75, 3.05) is 0 Å². The Balaban J connectivity index is 0.000000162. The zero-order chi connectivity index (χ0) is 20.3. The van der Waals surface area contributed by atoms with Crippen LogP contribution in [0.25, 0.3) is 21.8 Å². The average Bonchev–Trinajstić information content (AvgIpc) is 2.67. The molecule has 4 aromatic rings. The fourth-order valence-electron chi connectivity index (χ4n) is 2.68. The third kappa shape index (κ3) is 4.07. The molecule has 4 rings (SSSR count). The molecule has 0 fully saturated rings. The maximum absolute atomic E-state index is 11.0. The van der Waals surface area contributed by atoms with Crippen LogP contribution >= 0.6 is 11.6 Å². The molecule has 2 aromatic heterocycles. The number of aromatic carboxylic acids is 2. The molecule has 0 bridgehead atoms. The summed E-state index contributed by atoms with van der Waals surface area (Å²) in [5, 5.41) is 19.6. The first kappa shape index (κ1) is 19.3. The SMILES string of the molecule is Cc1cnc2c(C(=O)O)c(Cl)ccc2c1.O=C(O)c1ccc2ccccc2n1. The molecule has 0 aliphatic rings. The number of hydrogen-bond donors (Lipinski definition) is 2. The molecule has 0 aliphatic carbocycles. The Labute approximate surface area is 165 Å². The Hall–Kier alpha value is -3.51. The van der Waals surface area contributed by atoms with E-state index in [9.17, 15) is 9.59 Å². The lowest BCUT2D eigenvalue weighted by Crippen LogP contribution is -2.00. The molecule has 0 aliphatic heterocycles. The number of fused-ring (bicyclic) bond motifs is 2. The molecule has 7 heteroatoms. The number of carboxylic acids is 2. The lowest BCUT2D eigenvalue weighted by Gasteiger charge is -2.04. The summed E-state index contributed by atoms with van der Waals surface area (Å²) in [5.74, 6) is -2.05. The number of benzene rings is 2. The Morgan fingerprint density at radius 2 is 1.64 bits per heavy atom. The van der Waals surface area contributed by atoms with Gasteiger partial charge in [-0.25, -0.2) is 14.6 Å². The molecule has 28 heavy (non-hydrogen) atoms. The Morgan fingerprint density at radius 1 is 0.929 bits per heavy atom. The van der Waals surface area contributed by atoms with Crippen LogP contribution in [-0.2, 0) is 0 Å². The number of halogens is 1. The van der Waals surface area contributed by atoms with Crippen molar-refractivity contribution in [3.05, 3.63) is 82.6 Å². The normalized spacial score (nSPS) is 10.4. The quantitative estimate of drug-likeness (QED) is 0.505. The summed E-state index contributed by atoms with van der Waals surface area (Å²) in [7, 11) is 0. The zero-order valence-corrected chi connectivity index (χ0v) is 15.5. The molecule has 0 radical (unpaired) electrons. The number of aryl methyl sites for hydroxylation is 1. The van der Waals surface area contributed by atoms with Crippen molar-refractivity contribution in [3.8, 4) is 0 Å². The lowest BCUT2D eigenvalue weighted by molar-refractivity contribution is 0.0683. The van der Waals surface area contributed by atoms with Gasteiger partial charge in [0.15, 0.2) is 0 Å². The maximum atomic E-state index is 11.0. The van der Waals surface area contributed by atoms with Crippen LogP contribution in [0.2, 0.25) is 5.02 Å². The summed E-state index contributed by atoms with van der Waals surface area (Å²) in [5.41, 5.74) is 2.28. The Morgan fingerprint density at radius 3 is 2.36 bits per heavy atom. The van der Waals surface area contributed by atoms with Gasteiger partial charge >= 0.3 is 11.9 Å². The third-order valence-corrected chi connectivity index (χ3v) is 4.29. The van der Waals surface area contributed by atoms with E-state index in [1.807, 2.05) is 31.2 Å². The maximum Gasteiger partial charge on any atom is 0.354 e. The summed E-state index contributed by atoms with van der Waals surface area (Å²) in [6.45, 7) is 1.90. The van der Waals surface area contributed by atoms with Crippen LogP contribution in [0.4, 0.5) is 0 Å². The average molecular weight is 395 g/mol. The number of pyridine rings is 2. The van der Waals surface area contributed by atoms with Crippen molar-refractivity contribution in [2.24, 2.45) is 0 Å².